The minimum absolute atomic E-state index is 0.0536. The summed E-state index contributed by atoms with van der Waals surface area (Å²) in [5, 5.41) is 7.32. The van der Waals surface area contributed by atoms with Gasteiger partial charge in [0.25, 0.3) is 5.91 Å². The third-order valence-corrected chi connectivity index (χ3v) is 9.77. The van der Waals surface area contributed by atoms with Gasteiger partial charge in [-0.3, -0.25) is 10.1 Å². The van der Waals surface area contributed by atoms with Gasteiger partial charge in [0.15, 0.2) is 0 Å². The summed E-state index contributed by atoms with van der Waals surface area (Å²) in [5.74, 6) is 1.44. The molecule has 2 atom stereocenters. The van der Waals surface area contributed by atoms with Gasteiger partial charge in [0.05, 0.1) is 14.2 Å². The number of nitrogens with one attached hydrogen (secondary N) is 2. The summed E-state index contributed by atoms with van der Waals surface area (Å²) < 4.78 is 38.3. The molecular formula is C25H29N5O5S2. The number of guanidine groups is 1. The Morgan fingerprint density at radius 2 is 1.89 bits per heavy atom. The molecule has 1 amide bonds. The summed E-state index contributed by atoms with van der Waals surface area (Å²) in [5.41, 5.74) is 0.0850. The second-order valence-electron chi connectivity index (χ2n) is 8.63. The van der Waals surface area contributed by atoms with Crippen molar-refractivity contribution in [3.63, 3.8) is 0 Å². The largest absolute Gasteiger partial charge is 0.497 e. The van der Waals surface area contributed by atoms with Gasteiger partial charge < -0.3 is 14.8 Å². The van der Waals surface area contributed by atoms with Crippen LogP contribution >= 0.6 is 11.3 Å². The average molecular weight is 544 g/mol. The van der Waals surface area contributed by atoms with Crippen molar-refractivity contribution in [2.45, 2.75) is 31.2 Å². The monoisotopic (exact) mass is 543 g/mol. The van der Waals surface area contributed by atoms with Gasteiger partial charge in [0.2, 0.25) is 16.0 Å². The number of carbonyl (C=O) groups is 1. The molecule has 37 heavy (non-hydrogen) atoms. The number of hydrogen-bond donors (Lipinski definition) is 2. The minimum atomic E-state index is -3.83. The first-order valence-electron chi connectivity index (χ1n) is 11.4. The Bertz CT molecular complexity index is 1420. The highest BCUT2D eigenvalue weighted by molar-refractivity contribution is 7.90. The second-order valence-corrected chi connectivity index (χ2v) is 11.8. The molecule has 0 saturated carbocycles. The van der Waals surface area contributed by atoms with Crippen LogP contribution < -0.4 is 20.1 Å². The molecule has 0 bridgehead atoms. The fraction of sp³-hybridized carbons (Fsp3) is 0.320. The van der Waals surface area contributed by atoms with Gasteiger partial charge in [-0.05, 0) is 38.1 Å². The maximum atomic E-state index is 13.3. The zero-order chi connectivity index (χ0) is 26.8. The molecule has 4 rings (SSSR count). The van der Waals surface area contributed by atoms with Crippen molar-refractivity contribution in [2.24, 2.45) is 4.99 Å². The van der Waals surface area contributed by atoms with Crippen molar-refractivity contribution in [1.29, 1.82) is 0 Å². The first-order valence-corrected chi connectivity index (χ1v) is 13.8. The summed E-state index contributed by atoms with van der Waals surface area (Å²) in [4.78, 5) is 22.1. The van der Waals surface area contributed by atoms with Crippen LogP contribution in [0.3, 0.4) is 0 Å². The Labute approximate surface area is 220 Å². The molecule has 2 N–H and O–H groups in total. The van der Waals surface area contributed by atoms with E-state index in [1.54, 1.807) is 64.5 Å². The van der Waals surface area contributed by atoms with Crippen molar-refractivity contribution >= 4 is 39.0 Å². The molecule has 1 aromatic heterocycles. The van der Waals surface area contributed by atoms with Gasteiger partial charge in [-0.2, -0.15) is 0 Å². The van der Waals surface area contributed by atoms with E-state index in [9.17, 15) is 13.2 Å². The van der Waals surface area contributed by atoms with Gasteiger partial charge in [0, 0.05) is 36.2 Å². The van der Waals surface area contributed by atoms with Crippen molar-refractivity contribution in [1.82, 2.24) is 14.6 Å². The predicted molar refractivity (Wildman–Crippen MR) is 144 cm³/mol. The number of ether oxygens (including phenoxy) is 2. The first kappa shape index (κ1) is 26.4. The number of anilines is 1. The normalized spacial score (nSPS) is 20.6. The van der Waals surface area contributed by atoms with Gasteiger partial charge in [0.1, 0.15) is 33.1 Å². The number of hydrogen-bond acceptors (Lipinski definition) is 9. The molecule has 0 fully saturated rings. The third kappa shape index (κ3) is 5.12. The zero-order valence-corrected chi connectivity index (χ0v) is 22.8. The van der Waals surface area contributed by atoms with Crippen LogP contribution in [0.1, 0.15) is 34.8 Å². The van der Waals surface area contributed by atoms with E-state index in [0.717, 1.165) is 9.87 Å². The van der Waals surface area contributed by atoms with E-state index in [-0.39, 0.29) is 5.96 Å². The molecule has 0 aliphatic carbocycles. The quantitative estimate of drug-likeness (QED) is 0.468. The average Bonchev–Trinajstić information content (AvgIpc) is 3.40. The summed E-state index contributed by atoms with van der Waals surface area (Å²) in [7, 11) is 0.737. The molecule has 196 valence electrons. The topological polar surface area (TPSA) is 122 Å². The fourth-order valence-corrected chi connectivity index (χ4v) is 6.48. The summed E-state index contributed by atoms with van der Waals surface area (Å²) >= 11 is 1.30. The molecular weight excluding hydrogens is 514 g/mol. The maximum absolute atomic E-state index is 13.3. The smallest absolute Gasteiger partial charge is 0.257 e. The second kappa shape index (κ2) is 10.4. The van der Waals surface area contributed by atoms with E-state index >= 15 is 0 Å². The number of nitrogens with zero attached hydrogens (tertiary/aromatic N) is 3. The Hall–Kier alpha value is -3.64. The van der Waals surface area contributed by atoms with Crippen LogP contribution in [0.15, 0.2) is 58.9 Å². The van der Waals surface area contributed by atoms with Crippen LogP contribution in [0.25, 0.3) is 0 Å². The summed E-state index contributed by atoms with van der Waals surface area (Å²) in [6, 6.07) is 14.1. The molecule has 2 aromatic carbocycles. The maximum Gasteiger partial charge on any atom is 0.257 e. The standard InChI is InChI=1S/C25H29N5O5S2/c1-16-25(2,29-24(30(3)37(16,32)33)28-22(31)17-9-7-6-8-10-17)23-27-21(15-36-23)26-14-18-11-12-19(34-4)13-20(18)35-5/h6-13,15-16,26H,14H2,1-5H3,(H,28,29,31). The Kier molecular flexibility index (Phi) is 7.42. The van der Waals surface area contributed by atoms with Crippen LogP contribution in [0, 0.1) is 0 Å². The van der Waals surface area contributed by atoms with Crippen LogP contribution in [0.4, 0.5) is 5.82 Å². The lowest BCUT2D eigenvalue weighted by atomic mass is 10.0. The molecule has 12 heteroatoms. The van der Waals surface area contributed by atoms with Crippen molar-refractivity contribution < 1.29 is 22.7 Å². The zero-order valence-electron chi connectivity index (χ0n) is 21.2. The molecule has 3 aromatic rings. The Balaban J connectivity index is 1.60. The first-order chi connectivity index (χ1) is 17.6. The van der Waals surface area contributed by atoms with Gasteiger partial charge >= 0.3 is 0 Å². The number of sulfonamides is 1. The highest BCUT2D eigenvalue weighted by atomic mass is 32.2. The summed E-state index contributed by atoms with van der Waals surface area (Å²) in [6.45, 7) is 3.75. The number of rotatable bonds is 7. The van der Waals surface area contributed by atoms with E-state index in [0.29, 0.717) is 34.4 Å². The number of carbonyl (C=O) groups excluding carboxylic acids is 1. The predicted octanol–water partition coefficient (Wildman–Crippen LogP) is 3.44. The van der Waals surface area contributed by atoms with E-state index in [2.05, 4.69) is 15.6 Å². The number of benzene rings is 2. The van der Waals surface area contributed by atoms with Crippen LogP contribution in [-0.2, 0) is 22.1 Å². The minimum Gasteiger partial charge on any atom is -0.497 e. The Morgan fingerprint density at radius 3 is 2.57 bits per heavy atom. The van der Waals surface area contributed by atoms with Crippen molar-refractivity contribution in [3.05, 3.63) is 70.0 Å². The van der Waals surface area contributed by atoms with Crippen molar-refractivity contribution in [3.8, 4) is 11.5 Å². The van der Waals surface area contributed by atoms with Gasteiger partial charge in [-0.1, -0.05) is 18.2 Å². The highest BCUT2D eigenvalue weighted by Crippen LogP contribution is 2.40. The third-order valence-electron chi connectivity index (χ3n) is 6.41. The molecule has 1 aliphatic rings. The summed E-state index contributed by atoms with van der Waals surface area (Å²) in [6.07, 6.45) is 0. The van der Waals surface area contributed by atoms with E-state index in [4.69, 9.17) is 14.5 Å². The van der Waals surface area contributed by atoms with Gasteiger partial charge in [-0.15, -0.1) is 11.3 Å². The molecule has 10 nitrogen and oxygen atoms in total. The fourth-order valence-electron chi connectivity index (χ4n) is 3.89. The van der Waals surface area contributed by atoms with Crippen LogP contribution in [-0.4, -0.2) is 56.1 Å². The lowest BCUT2D eigenvalue weighted by Crippen LogP contribution is -2.57. The molecule has 2 unspecified atom stereocenters. The van der Waals surface area contributed by atoms with E-state index in [1.165, 1.54) is 18.4 Å². The van der Waals surface area contributed by atoms with Crippen LogP contribution in [0.5, 0.6) is 11.5 Å². The van der Waals surface area contributed by atoms with E-state index < -0.39 is 26.7 Å². The Morgan fingerprint density at radius 1 is 1.16 bits per heavy atom. The number of aliphatic imine (C=N–C) groups is 1. The van der Waals surface area contributed by atoms with E-state index in [1.807, 2.05) is 17.5 Å². The highest BCUT2D eigenvalue weighted by Gasteiger charge is 2.50. The van der Waals surface area contributed by atoms with Crippen molar-refractivity contribution in [2.75, 3.05) is 26.6 Å². The SMILES string of the molecule is COc1ccc(CNc2csc(C3(C)N=C(NC(=O)c4ccccc4)N(C)S(=O)(=O)C3C)n2)c(OC)c1. The lowest BCUT2D eigenvalue weighted by Gasteiger charge is -2.39. The number of methoxy groups -OCH3 is 2. The number of aromatic nitrogens is 1. The molecule has 2 heterocycles. The molecule has 0 saturated heterocycles. The molecule has 0 radical (unpaired) electrons. The van der Waals surface area contributed by atoms with Gasteiger partial charge in [-0.25, -0.2) is 22.7 Å². The lowest BCUT2D eigenvalue weighted by molar-refractivity contribution is 0.0974. The number of amides is 1. The molecule has 0 spiro atoms. The molecule has 1 aliphatic heterocycles. The number of thiazole rings is 1. The van der Waals surface area contributed by atoms with Crippen LogP contribution in [0.2, 0.25) is 0 Å².